The molecule has 0 atom stereocenters. The highest BCUT2D eigenvalue weighted by molar-refractivity contribution is 9.21. The van der Waals surface area contributed by atoms with Crippen LogP contribution >= 0.6 is 127 Å². The Morgan fingerprint density at radius 1 is 0.438 bits per heavy atom. The summed E-state index contributed by atoms with van der Waals surface area (Å²) < 4.78 is 3.75. The molecule has 0 aromatic rings. The highest BCUT2D eigenvalue weighted by Crippen LogP contribution is 2.92. The summed E-state index contributed by atoms with van der Waals surface area (Å²) in [7, 11) is 0. The Balaban J connectivity index is 2.32. The van der Waals surface area contributed by atoms with Gasteiger partial charge in [-0.2, -0.15) is 0 Å². The van der Waals surface area contributed by atoms with Crippen LogP contribution in [0.2, 0.25) is 0 Å². The van der Waals surface area contributed by atoms with Crippen LogP contribution in [0.5, 0.6) is 0 Å². The maximum Gasteiger partial charge on any atom is 0.101 e. The molecule has 0 radical (unpaired) electrons. The Kier molecular flexibility index (Phi) is 3.17. The highest BCUT2D eigenvalue weighted by Gasteiger charge is 2.97. The number of allylic oxidation sites excluding steroid dienone is 4. The third-order valence-electron chi connectivity index (χ3n) is 3.49. The molecular formula is C8Br8. The average Bonchev–Trinajstić information content (AvgIpc) is 2.30. The van der Waals surface area contributed by atoms with Crippen LogP contribution in [0.1, 0.15) is 0 Å². The summed E-state index contributed by atoms with van der Waals surface area (Å²) in [5, 5.41) is 0. The first-order valence-corrected chi connectivity index (χ1v) is 10.4. The first-order valence-electron chi connectivity index (χ1n) is 4.01. The minimum Gasteiger partial charge on any atom is -0.0755 e. The zero-order valence-corrected chi connectivity index (χ0v) is 19.7. The zero-order chi connectivity index (χ0) is 12.3. The Bertz CT molecular complexity index is 402. The zero-order valence-electron chi connectivity index (χ0n) is 7.02. The number of halogens is 8. The van der Waals surface area contributed by atoms with Gasteiger partial charge in [-0.05, 0) is 0 Å². The van der Waals surface area contributed by atoms with Gasteiger partial charge in [0.1, 0.15) is 17.3 Å². The number of fused-ring (bicyclic) bond motifs is 4. The van der Waals surface area contributed by atoms with E-state index in [9.17, 15) is 0 Å². The largest absolute Gasteiger partial charge is 0.101 e. The van der Waals surface area contributed by atoms with Crippen LogP contribution in [-0.4, -0.2) is 17.3 Å². The predicted molar refractivity (Wildman–Crippen MR) is 96.4 cm³/mol. The molecule has 3 aliphatic carbocycles. The van der Waals surface area contributed by atoms with E-state index in [0.717, 1.165) is 17.9 Å². The van der Waals surface area contributed by atoms with Crippen LogP contribution in [0.3, 0.4) is 0 Å². The molecule has 16 heavy (non-hydrogen) atoms. The lowest BCUT2D eigenvalue weighted by Gasteiger charge is -2.82. The van der Waals surface area contributed by atoms with E-state index in [-0.39, 0.29) is 17.3 Å². The van der Waals surface area contributed by atoms with Gasteiger partial charge in [0.05, 0.1) is 0 Å². The maximum atomic E-state index is 3.85. The van der Waals surface area contributed by atoms with Crippen LogP contribution in [0.25, 0.3) is 0 Å². The Labute approximate surface area is 160 Å². The Morgan fingerprint density at radius 3 is 0.688 bits per heavy atom. The summed E-state index contributed by atoms with van der Waals surface area (Å²) >= 11 is 29.9. The van der Waals surface area contributed by atoms with Gasteiger partial charge in [-0.3, -0.25) is 0 Å². The van der Waals surface area contributed by atoms with E-state index in [1.54, 1.807) is 0 Å². The molecule has 0 N–H and O–H groups in total. The lowest BCUT2D eigenvalue weighted by atomic mass is 9.45. The van der Waals surface area contributed by atoms with Crippen molar-refractivity contribution < 1.29 is 0 Å². The second-order valence-electron chi connectivity index (χ2n) is 3.89. The van der Waals surface area contributed by atoms with Crippen LogP contribution < -0.4 is 0 Å². The van der Waals surface area contributed by atoms with Crippen molar-refractivity contribution in [3.63, 3.8) is 0 Å². The molecule has 0 nitrogen and oxygen atoms in total. The Hall–Kier alpha value is 3.32. The summed E-state index contributed by atoms with van der Waals surface area (Å²) in [5.41, 5.74) is 0. The van der Waals surface area contributed by atoms with E-state index >= 15 is 0 Å². The number of rotatable bonds is 0. The minimum absolute atomic E-state index is 0.189. The molecule has 1 saturated carbocycles. The first-order chi connectivity index (χ1) is 7.13. The predicted octanol–water partition coefficient (Wildman–Crippen LogP) is 6.56. The molecule has 0 spiro atoms. The van der Waals surface area contributed by atoms with Gasteiger partial charge in [0.25, 0.3) is 0 Å². The third-order valence-corrected chi connectivity index (χ3v) is 19.1. The lowest BCUT2D eigenvalue weighted by molar-refractivity contribution is 0.215. The van der Waals surface area contributed by atoms with Crippen LogP contribution in [0, 0.1) is 0 Å². The first kappa shape index (κ1) is 14.3. The summed E-state index contributed by atoms with van der Waals surface area (Å²) in [6, 6.07) is 0. The smallest absolute Gasteiger partial charge is 0.0755 e. The molecule has 0 saturated heterocycles. The molecule has 0 aromatic carbocycles. The summed E-state index contributed by atoms with van der Waals surface area (Å²) in [5.74, 6) is 0. The van der Waals surface area contributed by atoms with Crippen molar-refractivity contribution in [2.45, 2.75) is 17.3 Å². The van der Waals surface area contributed by atoms with Gasteiger partial charge in [0, 0.05) is 17.9 Å². The van der Waals surface area contributed by atoms with Crippen LogP contribution in [-0.2, 0) is 0 Å². The van der Waals surface area contributed by atoms with E-state index in [2.05, 4.69) is 127 Å². The molecule has 0 unspecified atom stereocenters. The highest BCUT2D eigenvalue weighted by atomic mass is 79.9. The van der Waals surface area contributed by atoms with Crippen molar-refractivity contribution in [3.8, 4) is 0 Å². The fourth-order valence-electron chi connectivity index (χ4n) is 2.58. The second-order valence-corrected chi connectivity index (χ2v) is 11.8. The number of hydrogen-bond acceptors (Lipinski definition) is 0. The van der Waals surface area contributed by atoms with Crippen molar-refractivity contribution in [1.82, 2.24) is 0 Å². The fraction of sp³-hybridized carbons (Fsp3) is 0.500. The molecule has 0 amide bonds. The SMILES string of the molecule is BrC1=C(Br)C2(Br)C1(Br)C1(Br)C(Br)=C(Br)C21Br. The normalized spacial score (nSPS) is 58.5. The fourth-order valence-corrected chi connectivity index (χ4v) is 15.2. The third kappa shape index (κ3) is 0.907. The summed E-state index contributed by atoms with van der Waals surface area (Å²) in [6.07, 6.45) is 0. The van der Waals surface area contributed by atoms with Crippen molar-refractivity contribution >= 4 is 127 Å². The number of alkyl halides is 4. The van der Waals surface area contributed by atoms with Gasteiger partial charge in [-0.25, -0.2) is 0 Å². The van der Waals surface area contributed by atoms with Gasteiger partial charge in [-0.1, -0.05) is 127 Å². The van der Waals surface area contributed by atoms with Crippen molar-refractivity contribution in [1.29, 1.82) is 0 Å². The van der Waals surface area contributed by atoms with Crippen LogP contribution in [0.15, 0.2) is 17.9 Å². The van der Waals surface area contributed by atoms with Crippen molar-refractivity contribution in [2.75, 3.05) is 0 Å². The monoisotopic (exact) mass is 727 g/mol. The summed E-state index contributed by atoms with van der Waals surface area (Å²) in [4.78, 5) is 0. The molecule has 8 heteroatoms. The van der Waals surface area contributed by atoms with Gasteiger partial charge in [0.2, 0.25) is 0 Å². The van der Waals surface area contributed by atoms with E-state index in [1.165, 1.54) is 0 Å². The van der Waals surface area contributed by atoms with E-state index in [1.807, 2.05) is 0 Å². The number of hydrogen-bond donors (Lipinski definition) is 0. The maximum absolute atomic E-state index is 3.85. The van der Waals surface area contributed by atoms with Crippen molar-refractivity contribution in [2.24, 2.45) is 0 Å². The van der Waals surface area contributed by atoms with Gasteiger partial charge < -0.3 is 0 Å². The van der Waals surface area contributed by atoms with Gasteiger partial charge in [0.15, 0.2) is 0 Å². The second kappa shape index (κ2) is 3.55. The van der Waals surface area contributed by atoms with Gasteiger partial charge >= 0.3 is 0 Å². The van der Waals surface area contributed by atoms with Crippen molar-refractivity contribution in [3.05, 3.63) is 17.9 Å². The quantitative estimate of drug-likeness (QED) is 0.248. The molecule has 0 bridgehead atoms. The molecule has 1 fully saturated rings. The topological polar surface area (TPSA) is 0 Å². The molecule has 0 aliphatic heterocycles. The molecule has 0 aromatic heterocycles. The molecule has 3 aliphatic rings. The molecule has 0 heterocycles. The van der Waals surface area contributed by atoms with E-state index in [0.29, 0.717) is 0 Å². The minimum atomic E-state index is -0.189. The molecule has 88 valence electrons. The Morgan fingerprint density at radius 2 is 0.562 bits per heavy atom. The summed E-state index contributed by atoms with van der Waals surface area (Å²) in [6.45, 7) is 0. The van der Waals surface area contributed by atoms with Crippen LogP contribution in [0.4, 0.5) is 0 Å². The molecular weight excluding hydrogens is 735 g/mol. The molecule has 3 rings (SSSR count). The lowest BCUT2D eigenvalue weighted by Crippen LogP contribution is -2.94. The van der Waals surface area contributed by atoms with Gasteiger partial charge in [-0.15, -0.1) is 0 Å². The standard InChI is InChI=1S/C8Br8/c9-1-2(10)6(14)5(1,13)7(15)3(11)4(12)8(6,7)16. The van der Waals surface area contributed by atoms with E-state index < -0.39 is 0 Å². The average molecular weight is 735 g/mol. The van der Waals surface area contributed by atoms with E-state index in [4.69, 9.17) is 0 Å².